The SMILES string of the molecule is Cn1cnc2c(NCc3cc(-c4ccoc4)cs3)ncnc21. The number of aromatic nitrogens is 4. The lowest BCUT2D eigenvalue weighted by Gasteiger charge is -2.04. The molecular formula is C15H13N5OS. The Labute approximate surface area is 130 Å². The van der Waals surface area contributed by atoms with Crippen LogP contribution in [0.4, 0.5) is 5.82 Å². The van der Waals surface area contributed by atoms with Crippen LogP contribution < -0.4 is 5.32 Å². The van der Waals surface area contributed by atoms with Gasteiger partial charge in [0.2, 0.25) is 0 Å². The second-order valence-electron chi connectivity index (χ2n) is 4.92. The molecule has 0 aromatic carbocycles. The van der Waals surface area contributed by atoms with Gasteiger partial charge in [0.15, 0.2) is 11.5 Å². The first-order valence-electron chi connectivity index (χ1n) is 6.77. The summed E-state index contributed by atoms with van der Waals surface area (Å²) in [6.07, 6.45) is 6.73. The number of aryl methyl sites for hydroxylation is 1. The first-order chi connectivity index (χ1) is 10.8. The number of anilines is 1. The molecule has 0 bridgehead atoms. The van der Waals surface area contributed by atoms with Gasteiger partial charge < -0.3 is 14.3 Å². The molecule has 0 aliphatic carbocycles. The molecule has 110 valence electrons. The molecule has 0 saturated carbocycles. The molecule has 4 heterocycles. The summed E-state index contributed by atoms with van der Waals surface area (Å²) in [5.41, 5.74) is 3.87. The molecule has 4 aromatic heterocycles. The van der Waals surface area contributed by atoms with E-state index >= 15 is 0 Å². The number of rotatable bonds is 4. The summed E-state index contributed by atoms with van der Waals surface area (Å²) in [7, 11) is 1.92. The van der Waals surface area contributed by atoms with Gasteiger partial charge in [-0.2, -0.15) is 0 Å². The smallest absolute Gasteiger partial charge is 0.165 e. The molecule has 22 heavy (non-hydrogen) atoms. The Kier molecular flexibility index (Phi) is 3.12. The lowest BCUT2D eigenvalue weighted by Crippen LogP contribution is -2.01. The summed E-state index contributed by atoms with van der Waals surface area (Å²) in [5.74, 6) is 0.754. The molecule has 0 fully saturated rings. The Morgan fingerprint density at radius 2 is 2.23 bits per heavy atom. The number of fused-ring (bicyclic) bond motifs is 1. The maximum atomic E-state index is 5.12. The van der Waals surface area contributed by atoms with Crippen LogP contribution in [0.2, 0.25) is 0 Å². The highest BCUT2D eigenvalue weighted by Crippen LogP contribution is 2.26. The average molecular weight is 311 g/mol. The minimum Gasteiger partial charge on any atom is -0.472 e. The Balaban J connectivity index is 1.55. The normalized spacial score (nSPS) is 11.1. The van der Waals surface area contributed by atoms with E-state index in [1.165, 1.54) is 10.4 Å². The van der Waals surface area contributed by atoms with Crippen molar-refractivity contribution in [3.05, 3.63) is 47.6 Å². The number of nitrogens with zero attached hydrogens (tertiary/aromatic N) is 4. The van der Waals surface area contributed by atoms with Crippen LogP contribution >= 0.6 is 11.3 Å². The summed E-state index contributed by atoms with van der Waals surface area (Å²) in [5, 5.41) is 5.46. The van der Waals surface area contributed by atoms with Crippen molar-refractivity contribution in [1.29, 1.82) is 0 Å². The lowest BCUT2D eigenvalue weighted by atomic mass is 10.2. The quantitative estimate of drug-likeness (QED) is 0.626. The summed E-state index contributed by atoms with van der Waals surface area (Å²) in [4.78, 5) is 14.1. The van der Waals surface area contributed by atoms with Crippen molar-refractivity contribution in [1.82, 2.24) is 19.5 Å². The molecule has 4 rings (SSSR count). The molecule has 0 atom stereocenters. The predicted molar refractivity (Wildman–Crippen MR) is 85.7 cm³/mol. The lowest BCUT2D eigenvalue weighted by molar-refractivity contribution is 0.568. The van der Waals surface area contributed by atoms with E-state index in [4.69, 9.17) is 4.42 Å². The molecule has 0 saturated heterocycles. The fourth-order valence-electron chi connectivity index (χ4n) is 2.30. The average Bonchev–Trinajstić information content (AvgIpc) is 3.26. The van der Waals surface area contributed by atoms with Crippen molar-refractivity contribution >= 4 is 28.3 Å². The number of thiophene rings is 1. The summed E-state index contributed by atoms with van der Waals surface area (Å²) >= 11 is 1.70. The zero-order valence-corrected chi connectivity index (χ0v) is 12.7. The molecule has 7 heteroatoms. The summed E-state index contributed by atoms with van der Waals surface area (Å²) in [6.45, 7) is 0.700. The van der Waals surface area contributed by atoms with Gasteiger partial charge >= 0.3 is 0 Å². The maximum absolute atomic E-state index is 5.12. The van der Waals surface area contributed by atoms with E-state index in [2.05, 4.69) is 31.7 Å². The minimum atomic E-state index is 0.700. The molecule has 0 unspecified atom stereocenters. The first-order valence-corrected chi connectivity index (χ1v) is 7.65. The third-order valence-corrected chi connectivity index (χ3v) is 4.37. The second kappa shape index (κ2) is 5.27. The molecule has 0 aliphatic rings. The summed E-state index contributed by atoms with van der Waals surface area (Å²) < 4.78 is 7.00. The van der Waals surface area contributed by atoms with E-state index in [0.717, 1.165) is 22.5 Å². The van der Waals surface area contributed by atoms with E-state index in [-0.39, 0.29) is 0 Å². The Hall–Kier alpha value is -2.67. The van der Waals surface area contributed by atoms with Gasteiger partial charge in [-0.15, -0.1) is 11.3 Å². The van der Waals surface area contributed by atoms with Gasteiger partial charge in [-0.05, 0) is 23.1 Å². The molecule has 0 spiro atoms. The highest BCUT2D eigenvalue weighted by Gasteiger charge is 2.09. The fraction of sp³-hybridized carbons (Fsp3) is 0.133. The Morgan fingerprint density at radius 1 is 1.27 bits per heavy atom. The van der Waals surface area contributed by atoms with Crippen LogP contribution in [0, 0.1) is 0 Å². The standard InChI is InChI=1S/C15H13N5OS/c1-20-9-19-13-14(17-8-18-15(13)20)16-5-12-4-11(7-22-12)10-2-3-21-6-10/h2-4,6-9H,5H2,1H3,(H,16,17,18). The maximum Gasteiger partial charge on any atom is 0.165 e. The van der Waals surface area contributed by atoms with Crippen molar-refractivity contribution in [2.45, 2.75) is 6.54 Å². The van der Waals surface area contributed by atoms with Gasteiger partial charge in [-0.1, -0.05) is 0 Å². The van der Waals surface area contributed by atoms with E-state index in [1.807, 2.05) is 17.7 Å². The van der Waals surface area contributed by atoms with Crippen molar-refractivity contribution in [2.75, 3.05) is 5.32 Å². The number of nitrogens with one attached hydrogen (secondary N) is 1. The van der Waals surface area contributed by atoms with Crippen LogP contribution in [-0.4, -0.2) is 19.5 Å². The minimum absolute atomic E-state index is 0.700. The molecule has 0 amide bonds. The van der Waals surface area contributed by atoms with E-state index < -0.39 is 0 Å². The van der Waals surface area contributed by atoms with Crippen molar-refractivity contribution < 1.29 is 4.42 Å². The molecule has 1 N–H and O–H groups in total. The van der Waals surface area contributed by atoms with Crippen LogP contribution in [0.25, 0.3) is 22.3 Å². The molecule has 0 radical (unpaired) electrons. The van der Waals surface area contributed by atoms with Crippen molar-refractivity contribution in [2.24, 2.45) is 7.05 Å². The number of hydrogen-bond acceptors (Lipinski definition) is 6. The first kappa shape index (κ1) is 13.0. The number of furan rings is 1. The van der Waals surface area contributed by atoms with Crippen LogP contribution in [-0.2, 0) is 13.6 Å². The third-order valence-electron chi connectivity index (χ3n) is 3.44. The summed E-state index contributed by atoms with van der Waals surface area (Å²) in [6, 6.07) is 4.11. The zero-order valence-electron chi connectivity index (χ0n) is 11.9. The van der Waals surface area contributed by atoms with Crippen molar-refractivity contribution in [3.63, 3.8) is 0 Å². The topological polar surface area (TPSA) is 68.8 Å². The van der Waals surface area contributed by atoms with Crippen LogP contribution in [0.15, 0.2) is 47.1 Å². The van der Waals surface area contributed by atoms with Crippen LogP contribution in [0.5, 0.6) is 0 Å². The molecule has 6 nitrogen and oxygen atoms in total. The second-order valence-corrected chi connectivity index (χ2v) is 5.91. The fourth-order valence-corrected chi connectivity index (χ4v) is 3.13. The molecular weight excluding hydrogens is 298 g/mol. The Morgan fingerprint density at radius 3 is 3.09 bits per heavy atom. The van der Waals surface area contributed by atoms with Gasteiger partial charge in [0.1, 0.15) is 11.8 Å². The van der Waals surface area contributed by atoms with E-state index in [1.54, 1.807) is 36.5 Å². The molecule has 0 aliphatic heterocycles. The predicted octanol–water partition coefficient (Wildman–Crippen LogP) is 3.30. The van der Waals surface area contributed by atoms with Gasteiger partial charge in [-0.25, -0.2) is 15.0 Å². The van der Waals surface area contributed by atoms with Gasteiger partial charge in [0.05, 0.1) is 25.4 Å². The highest BCUT2D eigenvalue weighted by atomic mass is 32.1. The Bertz CT molecular complexity index is 909. The van der Waals surface area contributed by atoms with Gasteiger partial charge in [0.25, 0.3) is 0 Å². The number of hydrogen-bond donors (Lipinski definition) is 1. The largest absolute Gasteiger partial charge is 0.472 e. The molecule has 4 aromatic rings. The van der Waals surface area contributed by atoms with E-state index in [0.29, 0.717) is 6.54 Å². The van der Waals surface area contributed by atoms with Crippen molar-refractivity contribution in [3.8, 4) is 11.1 Å². The van der Waals surface area contributed by atoms with Gasteiger partial charge in [0, 0.05) is 17.5 Å². The van der Waals surface area contributed by atoms with Gasteiger partial charge in [-0.3, -0.25) is 0 Å². The third kappa shape index (κ3) is 2.25. The van der Waals surface area contributed by atoms with E-state index in [9.17, 15) is 0 Å². The zero-order chi connectivity index (χ0) is 14.9. The van der Waals surface area contributed by atoms with Crippen LogP contribution in [0.1, 0.15) is 4.88 Å². The number of imidazole rings is 1. The van der Waals surface area contributed by atoms with Crippen LogP contribution in [0.3, 0.4) is 0 Å². The highest BCUT2D eigenvalue weighted by molar-refractivity contribution is 7.10. The monoisotopic (exact) mass is 311 g/mol.